The van der Waals surface area contributed by atoms with E-state index in [2.05, 4.69) is 15.4 Å². The number of nitrogens with zero attached hydrogens (tertiary/aromatic N) is 4. The van der Waals surface area contributed by atoms with Crippen LogP contribution >= 0.6 is 36.4 Å². The molecule has 0 spiro atoms. The van der Waals surface area contributed by atoms with E-state index in [9.17, 15) is 18.0 Å². The molecule has 12 heteroatoms. The molecule has 0 saturated carbocycles. The molecule has 0 aromatic carbocycles. The number of likely N-dealkylation sites (tertiary alicyclic amines) is 1. The molecule has 1 unspecified atom stereocenters. The number of nitrogens with one attached hydrogen (secondary N) is 1. The van der Waals surface area contributed by atoms with E-state index in [-0.39, 0.29) is 41.7 Å². The zero-order valence-corrected chi connectivity index (χ0v) is 17.1. The van der Waals surface area contributed by atoms with Gasteiger partial charge in [0.1, 0.15) is 0 Å². The number of aromatic nitrogens is 3. The molecule has 0 radical (unpaired) electrons. The number of alkyl halides is 3. The standard InChI is InChI=1S/C16H17ClF3N5O.2ClH/c1-21-10-4-3-7-24(9-10)15(26)11-8-23-25(13(11)16(18,19)20)14-12(17)5-2-6-22-14;;/h2,5-6,8,10,21H,3-4,7,9H2,1H3;2*1H. The topological polar surface area (TPSA) is 63.1 Å². The summed E-state index contributed by atoms with van der Waals surface area (Å²) in [5.74, 6) is -0.872. The van der Waals surface area contributed by atoms with Crippen molar-refractivity contribution in [1.29, 1.82) is 0 Å². The number of amides is 1. The summed E-state index contributed by atoms with van der Waals surface area (Å²) in [7, 11) is 1.76. The van der Waals surface area contributed by atoms with Crippen molar-refractivity contribution in [3.8, 4) is 5.82 Å². The van der Waals surface area contributed by atoms with Gasteiger partial charge in [0.05, 0.1) is 16.8 Å². The Morgan fingerprint density at radius 1 is 1.36 bits per heavy atom. The van der Waals surface area contributed by atoms with Gasteiger partial charge in [-0.15, -0.1) is 24.8 Å². The molecule has 1 atom stereocenters. The first-order valence-electron chi connectivity index (χ1n) is 8.05. The lowest BCUT2D eigenvalue weighted by atomic mass is 10.0. The second-order valence-electron chi connectivity index (χ2n) is 6.00. The average Bonchev–Trinajstić information content (AvgIpc) is 3.06. The Labute approximate surface area is 177 Å². The molecule has 6 nitrogen and oxygen atoms in total. The Morgan fingerprint density at radius 3 is 2.68 bits per heavy atom. The molecular formula is C16H19Cl3F3N5O. The second kappa shape index (κ2) is 9.78. The van der Waals surface area contributed by atoms with Gasteiger partial charge >= 0.3 is 6.18 Å². The fourth-order valence-corrected chi connectivity index (χ4v) is 3.24. The third kappa shape index (κ3) is 4.89. The van der Waals surface area contributed by atoms with Gasteiger partial charge in [0.2, 0.25) is 0 Å². The molecular weight excluding hydrogens is 442 g/mol. The number of likely N-dealkylation sites (N-methyl/N-ethyl adjacent to an activating group) is 1. The van der Waals surface area contributed by atoms with E-state index in [4.69, 9.17) is 11.6 Å². The van der Waals surface area contributed by atoms with E-state index in [0.717, 1.165) is 19.0 Å². The summed E-state index contributed by atoms with van der Waals surface area (Å²) in [5.41, 5.74) is -1.68. The van der Waals surface area contributed by atoms with Crippen molar-refractivity contribution in [1.82, 2.24) is 25.0 Å². The van der Waals surface area contributed by atoms with Crippen molar-refractivity contribution in [2.24, 2.45) is 0 Å². The highest BCUT2D eigenvalue weighted by Gasteiger charge is 2.42. The Kier molecular flexibility index (Phi) is 8.55. The van der Waals surface area contributed by atoms with E-state index >= 15 is 0 Å². The van der Waals surface area contributed by atoms with Gasteiger partial charge in [0, 0.05) is 25.3 Å². The highest BCUT2D eigenvalue weighted by molar-refractivity contribution is 6.32. The Bertz CT molecular complexity index is 815. The first-order chi connectivity index (χ1) is 12.3. The number of rotatable bonds is 3. The number of hydrogen-bond acceptors (Lipinski definition) is 4. The number of halogens is 6. The van der Waals surface area contributed by atoms with Crippen LogP contribution in [0.5, 0.6) is 0 Å². The summed E-state index contributed by atoms with van der Waals surface area (Å²) in [4.78, 5) is 18.0. The molecule has 2 aromatic rings. The van der Waals surface area contributed by atoms with Crippen molar-refractivity contribution in [2.75, 3.05) is 20.1 Å². The fraction of sp³-hybridized carbons (Fsp3) is 0.438. The highest BCUT2D eigenvalue weighted by Crippen LogP contribution is 2.35. The summed E-state index contributed by atoms with van der Waals surface area (Å²) in [6.45, 7) is 0.756. The number of hydrogen-bond donors (Lipinski definition) is 1. The molecule has 28 heavy (non-hydrogen) atoms. The van der Waals surface area contributed by atoms with E-state index in [1.54, 1.807) is 7.05 Å². The van der Waals surface area contributed by atoms with Gasteiger partial charge in [-0.3, -0.25) is 4.79 Å². The zero-order valence-electron chi connectivity index (χ0n) is 14.7. The van der Waals surface area contributed by atoms with Gasteiger partial charge in [-0.2, -0.15) is 18.3 Å². The third-order valence-corrected chi connectivity index (χ3v) is 4.62. The van der Waals surface area contributed by atoms with Crippen LogP contribution in [0.3, 0.4) is 0 Å². The molecule has 156 valence electrons. The van der Waals surface area contributed by atoms with Gasteiger partial charge in [-0.1, -0.05) is 11.6 Å². The van der Waals surface area contributed by atoms with E-state index in [0.29, 0.717) is 17.8 Å². The van der Waals surface area contributed by atoms with Crippen molar-refractivity contribution in [2.45, 2.75) is 25.1 Å². The maximum atomic E-state index is 13.7. The van der Waals surface area contributed by atoms with Crippen molar-refractivity contribution in [3.05, 3.63) is 40.8 Å². The fourth-order valence-electron chi connectivity index (χ4n) is 3.04. The first kappa shape index (κ1) is 24.5. The maximum Gasteiger partial charge on any atom is 0.434 e. The van der Waals surface area contributed by atoms with Crippen molar-refractivity contribution in [3.63, 3.8) is 0 Å². The minimum Gasteiger partial charge on any atom is -0.337 e. The van der Waals surface area contributed by atoms with Crippen LogP contribution < -0.4 is 5.32 Å². The molecule has 1 amide bonds. The highest BCUT2D eigenvalue weighted by atomic mass is 35.5. The molecule has 3 heterocycles. The monoisotopic (exact) mass is 459 g/mol. The molecule has 2 aromatic heterocycles. The van der Waals surface area contributed by atoms with Crippen molar-refractivity contribution >= 4 is 42.3 Å². The summed E-state index contributed by atoms with van der Waals surface area (Å²) < 4.78 is 41.7. The summed E-state index contributed by atoms with van der Waals surface area (Å²) in [5, 5.41) is 6.82. The SMILES string of the molecule is CNC1CCCN(C(=O)c2cnn(-c3ncccc3Cl)c2C(F)(F)F)C1.Cl.Cl. The maximum absolute atomic E-state index is 13.7. The third-order valence-electron chi connectivity index (χ3n) is 4.32. The van der Waals surface area contributed by atoms with Gasteiger partial charge in [-0.05, 0) is 32.0 Å². The predicted octanol–water partition coefficient (Wildman–Crippen LogP) is 3.61. The minimum absolute atomic E-state index is 0. The molecule has 1 saturated heterocycles. The van der Waals surface area contributed by atoms with Gasteiger partial charge in [0.15, 0.2) is 11.5 Å². The van der Waals surface area contributed by atoms with Gasteiger partial charge < -0.3 is 10.2 Å². The van der Waals surface area contributed by atoms with Crippen LogP contribution in [0, 0.1) is 0 Å². The van der Waals surface area contributed by atoms with Crippen molar-refractivity contribution < 1.29 is 18.0 Å². The van der Waals surface area contributed by atoms with E-state index in [1.807, 2.05) is 0 Å². The summed E-state index contributed by atoms with van der Waals surface area (Å²) in [6.07, 6.45) is -0.958. The molecule has 1 N–H and O–H groups in total. The van der Waals surface area contributed by atoms with Crippen LogP contribution in [-0.2, 0) is 6.18 Å². The lowest BCUT2D eigenvalue weighted by molar-refractivity contribution is -0.143. The Morgan fingerprint density at radius 2 is 2.07 bits per heavy atom. The number of carbonyl (C=O) groups is 1. The van der Waals surface area contributed by atoms with Crippen LogP contribution in [0.25, 0.3) is 5.82 Å². The Hall–Kier alpha value is -1.55. The first-order valence-corrected chi connectivity index (χ1v) is 8.43. The normalized spacial score (nSPS) is 16.9. The van der Waals surface area contributed by atoms with E-state index in [1.165, 1.54) is 23.2 Å². The molecule has 1 fully saturated rings. The van der Waals surface area contributed by atoms with Gasteiger partial charge in [0.25, 0.3) is 5.91 Å². The molecule has 1 aliphatic heterocycles. The average molecular weight is 461 g/mol. The lowest BCUT2D eigenvalue weighted by Gasteiger charge is -2.32. The summed E-state index contributed by atoms with van der Waals surface area (Å²) in [6, 6.07) is 2.97. The quantitative estimate of drug-likeness (QED) is 0.760. The van der Waals surface area contributed by atoms with Gasteiger partial charge in [-0.25, -0.2) is 9.67 Å². The number of carbonyl (C=O) groups excluding carboxylic acids is 1. The molecule has 0 aliphatic carbocycles. The molecule has 3 rings (SSSR count). The van der Waals surface area contributed by atoms with Crippen LogP contribution in [0.4, 0.5) is 13.2 Å². The minimum atomic E-state index is -4.79. The second-order valence-corrected chi connectivity index (χ2v) is 6.41. The molecule has 0 bridgehead atoms. The van der Waals surface area contributed by atoms with Crippen LogP contribution in [-0.4, -0.2) is 51.8 Å². The summed E-state index contributed by atoms with van der Waals surface area (Å²) >= 11 is 5.96. The molecule has 1 aliphatic rings. The largest absolute Gasteiger partial charge is 0.434 e. The Balaban J connectivity index is 0.00000196. The zero-order chi connectivity index (χ0) is 18.9. The van der Waals surface area contributed by atoms with Crippen LogP contribution in [0.2, 0.25) is 5.02 Å². The smallest absolute Gasteiger partial charge is 0.337 e. The van der Waals surface area contributed by atoms with Crippen LogP contribution in [0.1, 0.15) is 28.9 Å². The lowest BCUT2D eigenvalue weighted by Crippen LogP contribution is -2.47. The van der Waals surface area contributed by atoms with Crippen LogP contribution in [0.15, 0.2) is 24.5 Å². The number of piperidine rings is 1. The van der Waals surface area contributed by atoms with E-state index < -0.39 is 23.3 Å². The predicted molar refractivity (Wildman–Crippen MR) is 104 cm³/mol. The number of pyridine rings is 1.